The van der Waals surface area contributed by atoms with Crippen molar-refractivity contribution in [3.63, 3.8) is 0 Å². The predicted molar refractivity (Wildman–Crippen MR) is 84.2 cm³/mol. The summed E-state index contributed by atoms with van der Waals surface area (Å²) < 4.78 is 0. The number of nitrogens with one attached hydrogen (secondary N) is 2. The largest absolute Gasteiger partial charge is 0.385 e. The Hall–Kier alpha value is -1.51. The van der Waals surface area contributed by atoms with Gasteiger partial charge in [0, 0.05) is 23.8 Å². The van der Waals surface area contributed by atoms with Crippen LogP contribution in [0.2, 0.25) is 0 Å². The number of carbonyl (C=O) groups is 1. The Balaban J connectivity index is 1.99. The highest BCUT2D eigenvalue weighted by molar-refractivity contribution is 5.95. The second-order valence-electron chi connectivity index (χ2n) is 5.87. The first-order valence-electron chi connectivity index (χ1n) is 7.77. The van der Waals surface area contributed by atoms with Gasteiger partial charge in [-0.2, -0.15) is 0 Å². The summed E-state index contributed by atoms with van der Waals surface area (Å²) in [6, 6.07) is 6.14. The van der Waals surface area contributed by atoms with Crippen LogP contribution >= 0.6 is 0 Å². The Kier molecular flexibility index (Phi) is 5.05. The summed E-state index contributed by atoms with van der Waals surface area (Å²) in [6.07, 6.45) is 5.11. The van der Waals surface area contributed by atoms with Crippen LogP contribution < -0.4 is 10.6 Å². The van der Waals surface area contributed by atoms with Crippen LogP contribution in [0.4, 0.5) is 5.69 Å². The smallest absolute Gasteiger partial charge is 0.251 e. The van der Waals surface area contributed by atoms with Gasteiger partial charge >= 0.3 is 0 Å². The number of benzene rings is 1. The average molecular weight is 274 g/mol. The van der Waals surface area contributed by atoms with E-state index in [2.05, 4.69) is 24.5 Å². The van der Waals surface area contributed by atoms with E-state index in [1.807, 2.05) is 25.1 Å². The third kappa shape index (κ3) is 3.53. The van der Waals surface area contributed by atoms with Crippen LogP contribution in [0, 0.1) is 12.8 Å². The summed E-state index contributed by atoms with van der Waals surface area (Å²) in [6.45, 7) is 7.14. The quantitative estimate of drug-likeness (QED) is 0.859. The Morgan fingerprint density at radius 3 is 2.65 bits per heavy atom. The van der Waals surface area contributed by atoms with Crippen LogP contribution in [0.15, 0.2) is 18.2 Å². The lowest BCUT2D eigenvalue weighted by Gasteiger charge is -2.20. The highest BCUT2D eigenvalue weighted by Crippen LogP contribution is 2.27. The summed E-state index contributed by atoms with van der Waals surface area (Å²) in [5, 5.41) is 6.45. The SMILES string of the molecule is CCNc1ccc(C(=O)NC(C)C2CCCC2)cc1C. The van der Waals surface area contributed by atoms with E-state index < -0.39 is 0 Å². The summed E-state index contributed by atoms with van der Waals surface area (Å²) in [5.41, 5.74) is 2.98. The molecule has 1 aliphatic rings. The Bertz CT molecular complexity index is 464. The first-order valence-corrected chi connectivity index (χ1v) is 7.77. The maximum absolute atomic E-state index is 12.3. The molecule has 2 rings (SSSR count). The van der Waals surface area contributed by atoms with Gasteiger partial charge in [0.15, 0.2) is 0 Å². The minimum absolute atomic E-state index is 0.0514. The molecule has 3 heteroatoms. The molecule has 2 N–H and O–H groups in total. The van der Waals surface area contributed by atoms with E-state index in [0.29, 0.717) is 5.92 Å². The number of hydrogen-bond donors (Lipinski definition) is 2. The molecule has 0 aromatic heterocycles. The molecule has 3 nitrogen and oxygen atoms in total. The predicted octanol–water partition coefficient (Wildman–Crippen LogP) is 3.74. The van der Waals surface area contributed by atoms with Crippen molar-refractivity contribution in [2.45, 2.75) is 52.5 Å². The number of aryl methyl sites for hydroxylation is 1. The molecular formula is C17H26N2O. The van der Waals surface area contributed by atoms with Crippen molar-refractivity contribution in [1.82, 2.24) is 5.32 Å². The van der Waals surface area contributed by atoms with Crippen molar-refractivity contribution in [2.75, 3.05) is 11.9 Å². The van der Waals surface area contributed by atoms with Gasteiger partial charge in [0.25, 0.3) is 5.91 Å². The number of amides is 1. The molecule has 1 saturated carbocycles. The molecule has 0 spiro atoms. The van der Waals surface area contributed by atoms with E-state index in [1.54, 1.807) is 0 Å². The summed E-state index contributed by atoms with van der Waals surface area (Å²) in [7, 11) is 0. The van der Waals surface area contributed by atoms with Crippen LogP contribution in [0.25, 0.3) is 0 Å². The minimum atomic E-state index is 0.0514. The molecule has 1 amide bonds. The monoisotopic (exact) mass is 274 g/mol. The maximum Gasteiger partial charge on any atom is 0.251 e. The van der Waals surface area contributed by atoms with E-state index in [4.69, 9.17) is 0 Å². The van der Waals surface area contributed by atoms with Gasteiger partial charge in [-0.05, 0) is 63.3 Å². The van der Waals surface area contributed by atoms with Crippen molar-refractivity contribution in [1.29, 1.82) is 0 Å². The zero-order chi connectivity index (χ0) is 14.5. The highest BCUT2D eigenvalue weighted by Gasteiger charge is 2.23. The van der Waals surface area contributed by atoms with Gasteiger partial charge < -0.3 is 10.6 Å². The molecule has 0 heterocycles. The Labute approximate surface area is 122 Å². The average Bonchev–Trinajstić information content (AvgIpc) is 2.95. The molecule has 1 aromatic carbocycles. The lowest BCUT2D eigenvalue weighted by atomic mass is 9.99. The van der Waals surface area contributed by atoms with Crippen LogP contribution in [0.5, 0.6) is 0 Å². The molecule has 1 aliphatic carbocycles. The first-order chi connectivity index (χ1) is 9.61. The Morgan fingerprint density at radius 2 is 2.05 bits per heavy atom. The minimum Gasteiger partial charge on any atom is -0.385 e. The third-order valence-corrected chi connectivity index (χ3v) is 4.32. The molecule has 1 unspecified atom stereocenters. The number of anilines is 1. The van der Waals surface area contributed by atoms with E-state index in [1.165, 1.54) is 25.7 Å². The molecule has 1 atom stereocenters. The van der Waals surface area contributed by atoms with Gasteiger partial charge in [0.2, 0.25) is 0 Å². The van der Waals surface area contributed by atoms with Crippen molar-refractivity contribution in [2.24, 2.45) is 5.92 Å². The number of rotatable bonds is 5. The zero-order valence-corrected chi connectivity index (χ0v) is 12.8. The summed E-state index contributed by atoms with van der Waals surface area (Å²) >= 11 is 0. The van der Waals surface area contributed by atoms with Crippen molar-refractivity contribution < 1.29 is 4.79 Å². The standard InChI is InChI=1S/C17H26N2O/c1-4-18-16-10-9-15(11-12(16)2)17(20)19-13(3)14-7-5-6-8-14/h9-11,13-14,18H,4-8H2,1-3H3,(H,19,20). The molecule has 0 radical (unpaired) electrons. The summed E-state index contributed by atoms with van der Waals surface area (Å²) in [5.74, 6) is 0.705. The second kappa shape index (κ2) is 6.78. The molecule has 110 valence electrons. The fraction of sp³-hybridized carbons (Fsp3) is 0.588. The molecule has 20 heavy (non-hydrogen) atoms. The summed E-state index contributed by atoms with van der Waals surface area (Å²) in [4.78, 5) is 12.3. The molecule has 1 aromatic rings. The topological polar surface area (TPSA) is 41.1 Å². The molecule has 0 aliphatic heterocycles. The van der Waals surface area contributed by atoms with E-state index in [9.17, 15) is 4.79 Å². The van der Waals surface area contributed by atoms with E-state index >= 15 is 0 Å². The Morgan fingerprint density at radius 1 is 1.35 bits per heavy atom. The lowest BCUT2D eigenvalue weighted by molar-refractivity contribution is 0.0927. The number of carbonyl (C=O) groups excluding carboxylic acids is 1. The molecule has 1 fully saturated rings. The lowest BCUT2D eigenvalue weighted by Crippen LogP contribution is -2.37. The van der Waals surface area contributed by atoms with Crippen LogP contribution in [-0.2, 0) is 0 Å². The molecule has 0 saturated heterocycles. The van der Waals surface area contributed by atoms with Crippen molar-refractivity contribution in [3.05, 3.63) is 29.3 Å². The fourth-order valence-corrected chi connectivity index (χ4v) is 3.06. The molecule has 0 bridgehead atoms. The second-order valence-corrected chi connectivity index (χ2v) is 5.87. The van der Waals surface area contributed by atoms with Gasteiger partial charge in [-0.25, -0.2) is 0 Å². The van der Waals surface area contributed by atoms with Gasteiger partial charge in [-0.3, -0.25) is 4.79 Å². The van der Waals surface area contributed by atoms with Gasteiger partial charge in [-0.15, -0.1) is 0 Å². The highest BCUT2D eigenvalue weighted by atomic mass is 16.1. The van der Waals surface area contributed by atoms with Crippen LogP contribution in [0.3, 0.4) is 0 Å². The van der Waals surface area contributed by atoms with Gasteiger partial charge in [0.1, 0.15) is 0 Å². The van der Waals surface area contributed by atoms with Crippen molar-refractivity contribution >= 4 is 11.6 Å². The van der Waals surface area contributed by atoms with E-state index in [0.717, 1.165) is 23.4 Å². The van der Waals surface area contributed by atoms with Crippen LogP contribution in [0.1, 0.15) is 55.5 Å². The third-order valence-electron chi connectivity index (χ3n) is 4.32. The van der Waals surface area contributed by atoms with Crippen molar-refractivity contribution in [3.8, 4) is 0 Å². The number of hydrogen-bond acceptors (Lipinski definition) is 2. The van der Waals surface area contributed by atoms with Gasteiger partial charge in [-0.1, -0.05) is 12.8 Å². The first kappa shape index (κ1) is 14.9. The van der Waals surface area contributed by atoms with Crippen LogP contribution in [-0.4, -0.2) is 18.5 Å². The van der Waals surface area contributed by atoms with E-state index in [-0.39, 0.29) is 11.9 Å². The fourth-order valence-electron chi connectivity index (χ4n) is 3.06. The zero-order valence-electron chi connectivity index (χ0n) is 12.8. The van der Waals surface area contributed by atoms with Gasteiger partial charge in [0.05, 0.1) is 0 Å². The normalized spacial score (nSPS) is 16.9. The molecular weight excluding hydrogens is 248 g/mol. The maximum atomic E-state index is 12.3.